The highest BCUT2D eigenvalue weighted by atomic mass is 19.1. The minimum atomic E-state index is -1.81. The van der Waals surface area contributed by atoms with E-state index < -0.39 is 12.9 Å². The van der Waals surface area contributed by atoms with Crippen LogP contribution in [0.4, 0.5) is 4.39 Å². The van der Waals surface area contributed by atoms with Gasteiger partial charge in [-0.25, -0.2) is 9.37 Å². The first kappa shape index (κ1) is 13.0. The molecular formula is C12H16BFN2O2. The molecule has 2 N–H and O–H groups in total. The van der Waals surface area contributed by atoms with Gasteiger partial charge in [0.25, 0.3) is 0 Å². The van der Waals surface area contributed by atoms with Crippen LogP contribution in [-0.2, 0) is 6.54 Å². The van der Waals surface area contributed by atoms with Gasteiger partial charge in [0, 0.05) is 12.0 Å². The second-order valence-corrected chi connectivity index (χ2v) is 4.40. The first-order valence-electron chi connectivity index (χ1n) is 6.07. The average Bonchev–Trinajstić information content (AvgIpc) is 2.60. The number of hydrogen-bond donors (Lipinski definition) is 2. The van der Waals surface area contributed by atoms with Crippen LogP contribution in [0.15, 0.2) is 12.1 Å². The lowest BCUT2D eigenvalue weighted by atomic mass is 9.79. The van der Waals surface area contributed by atoms with Crippen LogP contribution in [0.1, 0.15) is 25.6 Å². The van der Waals surface area contributed by atoms with Crippen molar-refractivity contribution in [3.63, 3.8) is 0 Å². The van der Waals surface area contributed by atoms with Crippen molar-refractivity contribution in [1.29, 1.82) is 0 Å². The molecule has 4 nitrogen and oxygen atoms in total. The Kier molecular flexibility index (Phi) is 3.68. The number of halogens is 1. The SMILES string of the molecule is CCCCn1c(C)nc2cc(B(O)O)c(F)cc21. The van der Waals surface area contributed by atoms with Gasteiger partial charge in [0.2, 0.25) is 0 Å². The molecule has 1 aromatic carbocycles. The molecule has 0 saturated carbocycles. The molecule has 1 heterocycles. The van der Waals surface area contributed by atoms with E-state index in [2.05, 4.69) is 11.9 Å². The molecular weight excluding hydrogens is 234 g/mol. The van der Waals surface area contributed by atoms with Crippen molar-refractivity contribution in [2.45, 2.75) is 33.2 Å². The molecule has 2 aromatic rings. The summed E-state index contributed by atoms with van der Waals surface area (Å²) in [4.78, 5) is 4.32. The van der Waals surface area contributed by atoms with Gasteiger partial charge < -0.3 is 14.6 Å². The number of unbranched alkanes of at least 4 members (excludes halogenated alkanes) is 1. The third kappa shape index (κ3) is 2.26. The highest BCUT2D eigenvalue weighted by Gasteiger charge is 2.19. The molecule has 0 unspecified atom stereocenters. The van der Waals surface area contributed by atoms with E-state index in [1.165, 1.54) is 12.1 Å². The van der Waals surface area contributed by atoms with E-state index in [1.807, 2.05) is 11.5 Å². The summed E-state index contributed by atoms with van der Waals surface area (Å²) in [5.74, 6) is 0.192. The van der Waals surface area contributed by atoms with Crippen molar-refractivity contribution in [3.05, 3.63) is 23.8 Å². The molecule has 6 heteroatoms. The standard InChI is InChI=1S/C12H16BFN2O2/c1-3-4-5-16-8(2)15-11-6-9(13(17)18)10(14)7-12(11)16/h6-7,17-18H,3-5H2,1-2H3. The average molecular weight is 250 g/mol. The van der Waals surface area contributed by atoms with Gasteiger partial charge in [-0.2, -0.15) is 0 Å². The summed E-state index contributed by atoms with van der Waals surface area (Å²) in [5.41, 5.74) is 1.15. The van der Waals surface area contributed by atoms with Crippen molar-refractivity contribution >= 4 is 23.6 Å². The minimum Gasteiger partial charge on any atom is -0.423 e. The summed E-state index contributed by atoms with van der Waals surface area (Å²) < 4.78 is 15.7. The zero-order valence-electron chi connectivity index (χ0n) is 10.5. The number of rotatable bonds is 4. The fraction of sp³-hybridized carbons (Fsp3) is 0.417. The lowest BCUT2D eigenvalue weighted by Crippen LogP contribution is -2.32. The molecule has 18 heavy (non-hydrogen) atoms. The Morgan fingerprint density at radius 2 is 2.11 bits per heavy atom. The Labute approximate surface area is 105 Å². The summed E-state index contributed by atoms with van der Waals surface area (Å²) in [6.07, 6.45) is 2.05. The number of fused-ring (bicyclic) bond motifs is 1. The summed E-state index contributed by atoms with van der Waals surface area (Å²) in [5, 5.41) is 18.1. The number of imidazole rings is 1. The first-order chi connectivity index (χ1) is 8.54. The van der Waals surface area contributed by atoms with Crippen molar-refractivity contribution in [1.82, 2.24) is 9.55 Å². The molecule has 0 aliphatic carbocycles. The van der Waals surface area contributed by atoms with Crippen LogP contribution in [0, 0.1) is 12.7 Å². The van der Waals surface area contributed by atoms with E-state index in [0.29, 0.717) is 11.0 Å². The van der Waals surface area contributed by atoms with Crippen LogP contribution in [0.3, 0.4) is 0 Å². The van der Waals surface area contributed by atoms with Crippen molar-refractivity contribution in [2.75, 3.05) is 0 Å². The van der Waals surface area contributed by atoms with E-state index in [-0.39, 0.29) is 5.46 Å². The molecule has 2 rings (SSSR count). The lowest BCUT2D eigenvalue weighted by molar-refractivity contribution is 0.423. The van der Waals surface area contributed by atoms with Crippen LogP contribution < -0.4 is 5.46 Å². The Morgan fingerprint density at radius 1 is 1.39 bits per heavy atom. The smallest absolute Gasteiger partial charge is 0.423 e. The molecule has 0 spiro atoms. The van der Waals surface area contributed by atoms with Gasteiger partial charge in [0.1, 0.15) is 11.6 Å². The van der Waals surface area contributed by atoms with Gasteiger partial charge in [0.05, 0.1) is 11.0 Å². The molecule has 0 amide bonds. The van der Waals surface area contributed by atoms with E-state index in [1.54, 1.807) is 0 Å². The van der Waals surface area contributed by atoms with Crippen molar-refractivity contribution in [2.24, 2.45) is 0 Å². The van der Waals surface area contributed by atoms with E-state index >= 15 is 0 Å². The maximum absolute atomic E-state index is 13.7. The summed E-state index contributed by atoms with van der Waals surface area (Å²) in [7, 11) is -1.81. The molecule has 0 fully saturated rings. The number of hydrogen-bond acceptors (Lipinski definition) is 3. The number of aromatic nitrogens is 2. The zero-order chi connectivity index (χ0) is 13.3. The molecule has 0 aliphatic heterocycles. The molecule has 0 radical (unpaired) electrons. The number of benzene rings is 1. The number of aryl methyl sites for hydroxylation is 2. The van der Waals surface area contributed by atoms with Crippen LogP contribution >= 0.6 is 0 Å². The Balaban J connectivity index is 2.54. The summed E-state index contributed by atoms with van der Waals surface area (Å²) >= 11 is 0. The van der Waals surface area contributed by atoms with Gasteiger partial charge in [-0.1, -0.05) is 13.3 Å². The van der Waals surface area contributed by atoms with E-state index in [9.17, 15) is 4.39 Å². The van der Waals surface area contributed by atoms with Gasteiger partial charge in [-0.15, -0.1) is 0 Å². The molecule has 0 aliphatic rings. The Morgan fingerprint density at radius 3 is 2.72 bits per heavy atom. The van der Waals surface area contributed by atoms with E-state index in [0.717, 1.165) is 25.2 Å². The quantitative estimate of drug-likeness (QED) is 0.794. The summed E-state index contributed by atoms with van der Waals surface area (Å²) in [6.45, 7) is 4.75. The van der Waals surface area contributed by atoms with Gasteiger partial charge in [-0.3, -0.25) is 0 Å². The largest absolute Gasteiger partial charge is 0.491 e. The van der Waals surface area contributed by atoms with Gasteiger partial charge >= 0.3 is 7.12 Å². The zero-order valence-corrected chi connectivity index (χ0v) is 10.5. The normalized spacial score (nSPS) is 11.2. The van der Waals surface area contributed by atoms with Crippen molar-refractivity contribution in [3.8, 4) is 0 Å². The highest BCUT2D eigenvalue weighted by Crippen LogP contribution is 2.17. The second-order valence-electron chi connectivity index (χ2n) is 4.40. The third-order valence-electron chi connectivity index (χ3n) is 3.07. The highest BCUT2D eigenvalue weighted by molar-refractivity contribution is 6.59. The predicted octanol–water partition coefficient (Wildman–Crippen LogP) is 0.964. The van der Waals surface area contributed by atoms with Crippen LogP contribution in [0.5, 0.6) is 0 Å². The molecule has 0 bridgehead atoms. The van der Waals surface area contributed by atoms with Crippen LogP contribution in [0.2, 0.25) is 0 Å². The first-order valence-corrected chi connectivity index (χ1v) is 6.07. The second kappa shape index (κ2) is 5.08. The van der Waals surface area contributed by atoms with E-state index in [4.69, 9.17) is 10.0 Å². The minimum absolute atomic E-state index is 0.136. The number of nitrogens with zero attached hydrogens (tertiary/aromatic N) is 2. The molecule has 1 aromatic heterocycles. The molecule has 96 valence electrons. The third-order valence-corrected chi connectivity index (χ3v) is 3.07. The Bertz CT molecular complexity index is 569. The fourth-order valence-electron chi connectivity index (χ4n) is 2.08. The summed E-state index contributed by atoms with van der Waals surface area (Å²) in [6, 6.07) is 2.71. The monoisotopic (exact) mass is 250 g/mol. The molecule has 0 atom stereocenters. The maximum atomic E-state index is 13.7. The predicted molar refractivity (Wildman–Crippen MR) is 69.2 cm³/mol. The van der Waals surface area contributed by atoms with Crippen LogP contribution in [0.25, 0.3) is 11.0 Å². The topological polar surface area (TPSA) is 58.3 Å². The lowest BCUT2D eigenvalue weighted by Gasteiger charge is -2.06. The maximum Gasteiger partial charge on any atom is 0.491 e. The van der Waals surface area contributed by atoms with Crippen molar-refractivity contribution < 1.29 is 14.4 Å². The fourth-order valence-corrected chi connectivity index (χ4v) is 2.08. The van der Waals surface area contributed by atoms with Gasteiger partial charge in [-0.05, 0) is 25.5 Å². The Hall–Kier alpha value is -1.40. The van der Waals surface area contributed by atoms with Gasteiger partial charge in [0.15, 0.2) is 0 Å². The van der Waals surface area contributed by atoms with Crippen LogP contribution in [-0.4, -0.2) is 26.7 Å². The molecule has 0 saturated heterocycles.